The Balaban J connectivity index is 1.83. The number of hydrogen-bond acceptors (Lipinski definition) is 4. The molecule has 1 aliphatic rings. The van der Waals surface area contributed by atoms with E-state index in [1.54, 1.807) is 0 Å². The molecule has 0 bridgehead atoms. The number of carboxylic acid groups (broad SMARTS) is 1. The molecule has 182 valence electrons. The second-order valence-electron chi connectivity index (χ2n) is 8.10. The summed E-state index contributed by atoms with van der Waals surface area (Å²) in [5.41, 5.74) is 3.83. The zero-order chi connectivity index (χ0) is 24.5. The first kappa shape index (κ1) is 25.1. The quantitative estimate of drug-likeness (QED) is 0.278. The second-order valence-corrected chi connectivity index (χ2v) is 8.10. The molecule has 1 atom stereocenters. The molecule has 0 fully saturated rings. The van der Waals surface area contributed by atoms with Crippen LogP contribution in [0.5, 0.6) is 0 Å². The number of benzene rings is 2. The molecule has 2 aromatic carbocycles. The Kier molecular flexibility index (Phi) is 8.90. The van der Waals surface area contributed by atoms with Crippen LogP contribution in [0.3, 0.4) is 0 Å². The molecule has 0 spiro atoms. The third kappa shape index (κ3) is 5.50. The highest BCUT2D eigenvalue weighted by Gasteiger charge is 2.41. The Hall–Kier alpha value is -3.55. The summed E-state index contributed by atoms with van der Waals surface area (Å²) in [6, 6.07) is 14.1. The number of carbonyl (C=O) groups excluding carboxylic acids is 1. The maximum Gasteiger partial charge on any atom is 0.411 e. The Morgan fingerprint density at radius 3 is 2.06 bits per heavy atom. The molecule has 8 nitrogen and oxygen atoms in total. The van der Waals surface area contributed by atoms with E-state index in [2.05, 4.69) is 15.6 Å². The number of ether oxygens (including phenoxy) is 1. The van der Waals surface area contributed by atoms with Crippen molar-refractivity contribution in [2.75, 3.05) is 26.7 Å². The molecule has 3 rings (SSSR count). The molecule has 34 heavy (non-hydrogen) atoms. The van der Waals surface area contributed by atoms with E-state index in [-0.39, 0.29) is 0 Å². The normalized spacial score (nSPS) is 12.8. The molecule has 0 saturated heterocycles. The molecule has 0 heterocycles. The lowest BCUT2D eigenvalue weighted by atomic mass is 9.99. The molecule has 0 aliphatic heterocycles. The summed E-state index contributed by atoms with van der Waals surface area (Å²) in [7, 11) is 1.29. The van der Waals surface area contributed by atoms with Crippen molar-refractivity contribution < 1.29 is 19.4 Å². The number of rotatable bonds is 10. The van der Waals surface area contributed by atoms with E-state index in [1.165, 1.54) is 12.0 Å². The van der Waals surface area contributed by atoms with Gasteiger partial charge < -0.3 is 20.5 Å². The minimum atomic E-state index is -1.04. The van der Waals surface area contributed by atoms with Crippen LogP contribution in [0, 0.1) is 0 Å². The topological polar surface area (TPSA) is 103 Å². The number of fused-ring (bicyclic) bond motifs is 3. The number of aliphatic carboxylic acids is 1. The number of hydrogen-bond donors (Lipinski definition) is 3. The largest absolute Gasteiger partial charge is 0.480 e. The third-order valence-electron chi connectivity index (χ3n) is 5.93. The van der Waals surface area contributed by atoms with Crippen LogP contribution >= 0.6 is 0 Å². The number of nitrogens with zero attached hydrogens (tertiary/aromatic N) is 2. The maximum atomic E-state index is 13.0. The zero-order valence-electron chi connectivity index (χ0n) is 20.1. The lowest BCUT2D eigenvalue weighted by Gasteiger charge is -2.34. The van der Waals surface area contributed by atoms with Crippen molar-refractivity contribution in [3.05, 3.63) is 59.7 Å². The number of unbranched alkanes of at least 4 members (excludes halogenated alkanes) is 1. The van der Waals surface area contributed by atoms with Gasteiger partial charge in [-0.05, 0) is 55.4 Å². The van der Waals surface area contributed by atoms with Crippen LogP contribution < -0.4 is 10.6 Å². The number of methoxy groups -OCH3 is 1. The van der Waals surface area contributed by atoms with E-state index in [0.29, 0.717) is 25.8 Å². The Labute approximate surface area is 201 Å². The van der Waals surface area contributed by atoms with Crippen LogP contribution in [0.15, 0.2) is 53.5 Å². The molecular formula is C26H34N4O4. The molecule has 8 heteroatoms. The lowest BCUT2D eigenvalue weighted by Crippen LogP contribution is -2.47. The second kappa shape index (κ2) is 12.1. The van der Waals surface area contributed by atoms with Gasteiger partial charge in [-0.1, -0.05) is 48.5 Å². The van der Waals surface area contributed by atoms with E-state index in [0.717, 1.165) is 41.3 Å². The summed E-state index contributed by atoms with van der Waals surface area (Å²) in [6.07, 6.45) is 0.966. The van der Waals surface area contributed by atoms with Gasteiger partial charge in [0.05, 0.1) is 13.2 Å². The highest BCUT2D eigenvalue weighted by Crippen LogP contribution is 2.47. The van der Waals surface area contributed by atoms with Crippen LogP contribution in [-0.2, 0) is 9.53 Å². The minimum absolute atomic E-state index is 0.304. The monoisotopic (exact) mass is 466 g/mol. The van der Waals surface area contributed by atoms with Gasteiger partial charge in [0.15, 0.2) is 5.96 Å². The molecule has 0 saturated carbocycles. The number of aliphatic imine (C=N–C) groups is 1. The summed E-state index contributed by atoms with van der Waals surface area (Å²) in [4.78, 5) is 31.3. The summed E-state index contributed by atoms with van der Waals surface area (Å²) < 4.78 is 5.08. The average Bonchev–Trinajstić information content (AvgIpc) is 3.17. The molecule has 2 aromatic rings. The van der Waals surface area contributed by atoms with Crippen LogP contribution in [0.2, 0.25) is 0 Å². The van der Waals surface area contributed by atoms with E-state index in [1.807, 2.05) is 62.4 Å². The molecule has 1 aliphatic carbocycles. The Morgan fingerprint density at radius 1 is 1.00 bits per heavy atom. The van der Waals surface area contributed by atoms with E-state index < -0.39 is 24.1 Å². The van der Waals surface area contributed by atoms with Crippen molar-refractivity contribution in [3.63, 3.8) is 0 Å². The highest BCUT2D eigenvalue weighted by atomic mass is 16.5. The van der Waals surface area contributed by atoms with Crippen molar-refractivity contribution in [2.45, 2.75) is 45.2 Å². The Morgan fingerprint density at radius 2 is 1.56 bits per heavy atom. The van der Waals surface area contributed by atoms with Crippen molar-refractivity contribution in [1.82, 2.24) is 15.5 Å². The van der Waals surface area contributed by atoms with E-state index >= 15 is 0 Å². The first-order valence-electron chi connectivity index (χ1n) is 11.8. The van der Waals surface area contributed by atoms with Crippen LogP contribution in [0.4, 0.5) is 4.79 Å². The SMILES string of the molecule is CCNC(=NCCCC[C@@H](C(=O)O)N(C(=O)OC)C1c2ccccc2-c2ccccc21)NCC. The number of amides is 1. The van der Waals surface area contributed by atoms with E-state index in [9.17, 15) is 14.7 Å². The lowest BCUT2D eigenvalue weighted by molar-refractivity contribution is -0.143. The first-order chi connectivity index (χ1) is 16.5. The number of carboxylic acids is 1. The summed E-state index contributed by atoms with van der Waals surface area (Å²) in [6.45, 7) is 6.11. The molecular weight excluding hydrogens is 432 g/mol. The average molecular weight is 467 g/mol. The molecule has 3 N–H and O–H groups in total. The van der Waals surface area contributed by atoms with Gasteiger partial charge in [0.2, 0.25) is 0 Å². The number of guanidine groups is 1. The van der Waals surface area contributed by atoms with Crippen LogP contribution in [0.1, 0.15) is 50.3 Å². The Bertz CT molecular complexity index is 970. The van der Waals surface area contributed by atoms with E-state index in [4.69, 9.17) is 4.74 Å². The molecule has 0 radical (unpaired) electrons. The molecule has 0 unspecified atom stereocenters. The van der Waals surface area contributed by atoms with Gasteiger partial charge in [-0.25, -0.2) is 9.59 Å². The molecule has 0 aromatic heterocycles. The van der Waals surface area contributed by atoms with Gasteiger partial charge in [0.1, 0.15) is 6.04 Å². The van der Waals surface area contributed by atoms with Crippen LogP contribution in [-0.4, -0.2) is 60.8 Å². The smallest absolute Gasteiger partial charge is 0.411 e. The fourth-order valence-corrected chi connectivity index (χ4v) is 4.48. The summed E-state index contributed by atoms with van der Waals surface area (Å²) in [5.74, 6) is -0.299. The number of nitrogens with one attached hydrogen (secondary N) is 2. The van der Waals surface area contributed by atoms with Gasteiger partial charge in [-0.2, -0.15) is 0 Å². The first-order valence-corrected chi connectivity index (χ1v) is 11.8. The van der Waals surface area contributed by atoms with Gasteiger partial charge in [0, 0.05) is 19.6 Å². The number of carbonyl (C=O) groups is 2. The summed E-state index contributed by atoms with van der Waals surface area (Å²) >= 11 is 0. The zero-order valence-corrected chi connectivity index (χ0v) is 20.1. The highest BCUT2D eigenvalue weighted by molar-refractivity contribution is 5.85. The predicted molar refractivity (Wildman–Crippen MR) is 133 cm³/mol. The summed E-state index contributed by atoms with van der Waals surface area (Å²) in [5, 5.41) is 16.5. The molecule has 1 amide bonds. The van der Waals surface area contributed by atoms with Gasteiger partial charge in [-0.3, -0.25) is 9.89 Å². The van der Waals surface area contributed by atoms with Crippen molar-refractivity contribution in [1.29, 1.82) is 0 Å². The maximum absolute atomic E-state index is 13.0. The van der Waals surface area contributed by atoms with Crippen molar-refractivity contribution >= 4 is 18.0 Å². The predicted octanol–water partition coefficient (Wildman–Crippen LogP) is 4.02. The van der Waals surface area contributed by atoms with Crippen molar-refractivity contribution in [2.24, 2.45) is 4.99 Å². The fourth-order valence-electron chi connectivity index (χ4n) is 4.48. The third-order valence-corrected chi connectivity index (χ3v) is 5.93. The van der Waals surface area contributed by atoms with Gasteiger partial charge >= 0.3 is 12.1 Å². The standard InChI is InChI=1S/C26H34N4O4/c1-4-27-25(28-5-2)29-17-11-10-16-22(24(31)32)30(26(33)34-3)23-20-14-8-6-12-18(20)19-13-7-9-15-21(19)23/h6-9,12-15,22-23H,4-5,10-11,16-17H2,1-3H3,(H,31,32)(H2,27,28,29)/t22-/m0/s1. The van der Waals surface area contributed by atoms with Gasteiger partial charge in [0.25, 0.3) is 0 Å². The minimum Gasteiger partial charge on any atom is -0.480 e. The fraction of sp³-hybridized carbons (Fsp3) is 0.423. The van der Waals surface area contributed by atoms with Crippen molar-refractivity contribution in [3.8, 4) is 11.1 Å². The van der Waals surface area contributed by atoms with Gasteiger partial charge in [-0.15, -0.1) is 0 Å². The van der Waals surface area contributed by atoms with Crippen LogP contribution in [0.25, 0.3) is 11.1 Å².